The van der Waals surface area contributed by atoms with Gasteiger partial charge in [0.2, 0.25) is 10.0 Å². The summed E-state index contributed by atoms with van der Waals surface area (Å²) in [5, 5.41) is 0. The van der Waals surface area contributed by atoms with Crippen LogP contribution in [-0.2, 0) is 10.0 Å². The minimum Gasteiger partial charge on any atom is -0.329 e. The number of pyridine rings is 1. The lowest BCUT2D eigenvalue weighted by Crippen LogP contribution is -2.37. The summed E-state index contributed by atoms with van der Waals surface area (Å²) in [4.78, 5) is 3.89. The van der Waals surface area contributed by atoms with Crippen molar-refractivity contribution >= 4 is 22.4 Å². The highest BCUT2D eigenvalue weighted by atomic mass is 35.5. The summed E-state index contributed by atoms with van der Waals surface area (Å²) in [7, 11) is -3.46. The first-order chi connectivity index (χ1) is 6.56. The molecule has 3 N–H and O–H groups in total. The van der Waals surface area contributed by atoms with Crippen molar-refractivity contribution in [2.24, 2.45) is 5.73 Å². The van der Waals surface area contributed by atoms with Gasteiger partial charge < -0.3 is 5.73 Å². The first-order valence-corrected chi connectivity index (χ1v) is 5.67. The molecule has 0 unspecified atom stereocenters. The smallest absolute Gasteiger partial charge is 0.242 e. The zero-order valence-corrected chi connectivity index (χ0v) is 9.88. The van der Waals surface area contributed by atoms with E-state index in [-0.39, 0.29) is 29.9 Å². The zero-order chi connectivity index (χ0) is 10.6. The van der Waals surface area contributed by atoms with Crippen molar-refractivity contribution < 1.29 is 8.42 Å². The van der Waals surface area contributed by atoms with Gasteiger partial charge in [-0.25, -0.2) is 13.1 Å². The van der Waals surface area contributed by atoms with Crippen LogP contribution in [0.15, 0.2) is 29.4 Å². The first kappa shape index (κ1) is 14.3. The van der Waals surface area contributed by atoms with Crippen LogP contribution in [0.25, 0.3) is 0 Å². The quantitative estimate of drug-likeness (QED) is 0.797. The van der Waals surface area contributed by atoms with E-state index >= 15 is 0 Å². The Morgan fingerprint density at radius 1 is 1.60 bits per heavy atom. The molecule has 0 aliphatic carbocycles. The Bertz CT molecular complexity index is 382. The van der Waals surface area contributed by atoms with Crippen molar-refractivity contribution in [1.29, 1.82) is 0 Å². The van der Waals surface area contributed by atoms with Gasteiger partial charge in [-0.05, 0) is 19.1 Å². The number of hydrogen-bond donors (Lipinski definition) is 2. The molecule has 1 aromatic rings. The molecule has 86 valence electrons. The predicted molar refractivity (Wildman–Crippen MR) is 60.3 cm³/mol. The minimum absolute atomic E-state index is 0. The number of nitrogens with zero attached hydrogens (tertiary/aromatic N) is 1. The van der Waals surface area contributed by atoms with E-state index in [1.165, 1.54) is 18.5 Å². The fourth-order valence-electron chi connectivity index (χ4n) is 0.887. The summed E-state index contributed by atoms with van der Waals surface area (Å²) in [6, 6.07) is 2.78. The second-order valence-electron chi connectivity index (χ2n) is 2.95. The van der Waals surface area contributed by atoms with Crippen molar-refractivity contribution in [2.45, 2.75) is 17.9 Å². The van der Waals surface area contributed by atoms with Crippen LogP contribution < -0.4 is 10.5 Å². The number of nitrogens with two attached hydrogens (primary N) is 1. The maximum atomic E-state index is 11.6. The van der Waals surface area contributed by atoms with Gasteiger partial charge in [-0.1, -0.05) is 0 Å². The fourth-order valence-corrected chi connectivity index (χ4v) is 2.11. The average molecular weight is 252 g/mol. The Morgan fingerprint density at radius 2 is 2.27 bits per heavy atom. The third-order valence-corrected chi connectivity index (χ3v) is 3.23. The Kier molecular flexibility index (Phi) is 5.74. The normalized spacial score (nSPS) is 12.9. The summed E-state index contributed by atoms with van der Waals surface area (Å²) in [6.07, 6.45) is 2.82. The van der Waals surface area contributed by atoms with Gasteiger partial charge in [0.15, 0.2) is 0 Å². The molecule has 1 heterocycles. The number of hydrogen-bond acceptors (Lipinski definition) is 4. The van der Waals surface area contributed by atoms with Crippen LogP contribution in [0, 0.1) is 0 Å². The highest BCUT2D eigenvalue weighted by Crippen LogP contribution is 2.05. The van der Waals surface area contributed by atoms with Gasteiger partial charge in [-0.2, -0.15) is 0 Å². The largest absolute Gasteiger partial charge is 0.329 e. The van der Waals surface area contributed by atoms with Crippen molar-refractivity contribution in [2.75, 3.05) is 6.54 Å². The summed E-state index contributed by atoms with van der Waals surface area (Å²) in [5.74, 6) is 0. The number of sulfonamides is 1. The second kappa shape index (κ2) is 6.02. The van der Waals surface area contributed by atoms with Gasteiger partial charge in [0.05, 0.1) is 0 Å². The maximum absolute atomic E-state index is 11.6. The topological polar surface area (TPSA) is 85.1 Å². The molecular weight excluding hydrogens is 238 g/mol. The van der Waals surface area contributed by atoms with E-state index in [4.69, 9.17) is 5.73 Å². The molecule has 0 amide bonds. The molecule has 1 aromatic heterocycles. The van der Waals surface area contributed by atoms with Gasteiger partial charge in [-0.15, -0.1) is 12.4 Å². The molecule has 0 saturated heterocycles. The molecule has 15 heavy (non-hydrogen) atoms. The molecule has 1 atom stereocenters. The van der Waals surface area contributed by atoms with Crippen LogP contribution in [0.5, 0.6) is 0 Å². The van der Waals surface area contributed by atoms with Crippen LogP contribution >= 0.6 is 12.4 Å². The highest BCUT2D eigenvalue weighted by molar-refractivity contribution is 7.89. The number of halogens is 1. The van der Waals surface area contributed by atoms with Gasteiger partial charge >= 0.3 is 0 Å². The van der Waals surface area contributed by atoms with Gasteiger partial charge in [0.1, 0.15) is 4.90 Å². The molecule has 0 bridgehead atoms. The summed E-state index contributed by atoms with van der Waals surface area (Å²) in [5.41, 5.74) is 5.31. The lowest BCUT2D eigenvalue weighted by molar-refractivity contribution is 0.562. The Hall–Kier alpha value is -0.690. The van der Waals surface area contributed by atoms with E-state index in [9.17, 15) is 8.42 Å². The van der Waals surface area contributed by atoms with E-state index in [1.54, 1.807) is 13.0 Å². The standard InChI is InChI=1S/C8H13N3O2S.ClH/c1-7(5-9)11-14(12,13)8-3-2-4-10-6-8;/h2-4,6-7,11H,5,9H2,1H3;1H/t7-;/m1./s1. The van der Waals surface area contributed by atoms with Gasteiger partial charge in [-0.3, -0.25) is 4.98 Å². The van der Waals surface area contributed by atoms with E-state index in [0.717, 1.165) is 0 Å². The van der Waals surface area contributed by atoms with Crippen molar-refractivity contribution in [3.05, 3.63) is 24.5 Å². The van der Waals surface area contributed by atoms with E-state index in [0.29, 0.717) is 0 Å². The van der Waals surface area contributed by atoms with Crippen molar-refractivity contribution in [1.82, 2.24) is 9.71 Å². The van der Waals surface area contributed by atoms with Crippen LogP contribution in [0.1, 0.15) is 6.92 Å². The van der Waals surface area contributed by atoms with Crippen LogP contribution in [-0.4, -0.2) is 26.0 Å². The lowest BCUT2D eigenvalue weighted by atomic mass is 10.4. The molecule has 5 nitrogen and oxygen atoms in total. The molecule has 0 aliphatic heterocycles. The molecule has 7 heteroatoms. The molecule has 0 saturated carbocycles. The number of rotatable bonds is 4. The minimum atomic E-state index is -3.46. The monoisotopic (exact) mass is 251 g/mol. The van der Waals surface area contributed by atoms with Crippen LogP contribution in [0.4, 0.5) is 0 Å². The van der Waals surface area contributed by atoms with Crippen LogP contribution in [0.3, 0.4) is 0 Å². The van der Waals surface area contributed by atoms with Gasteiger partial charge in [0, 0.05) is 25.0 Å². The zero-order valence-electron chi connectivity index (χ0n) is 8.25. The Labute approximate surface area is 95.5 Å². The van der Waals surface area contributed by atoms with Gasteiger partial charge in [0.25, 0.3) is 0 Å². The summed E-state index contributed by atoms with van der Waals surface area (Å²) in [6.45, 7) is 1.97. The molecular formula is C8H14ClN3O2S. The van der Waals surface area contributed by atoms with Crippen molar-refractivity contribution in [3.8, 4) is 0 Å². The second-order valence-corrected chi connectivity index (χ2v) is 4.66. The maximum Gasteiger partial charge on any atom is 0.242 e. The molecule has 0 aromatic carbocycles. The van der Waals surface area contributed by atoms with Crippen molar-refractivity contribution in [3.63, 3.8) is 0 Å². The lowest BCUT2D eigenvalue weighted by Gasteiger charge is -2.11. The SMILES string of the molecule is C[C@H](CN)NS(=O)(=O)c1cccnc1.Cl. The molecule has 1 rings (SSSR count). The third-order valence-electron chi connectivity index (χ3n) is 1.65. The molecule has 0 spiro atoms. The molecule has 0 radical (unpaired) electrons. The van der Waals surface area contributed by atoms with Crippen LogP contribution in [0.2, 0.25) is 0 Å². The number of aromatic nitrogens is 1. The van der Waals surface area contributed by atoms with E-state index < -0.39 is 10.0 Å². The third kappa shape index (κ3) is 4.13. The van der Waals surface area contributed by atoms with E-state index in [2.05, 4.69) is 9.71 Å². The molecule has 0 fully saturated rings. The average Bonchev–Trinajstić information content (AvgIpc) is 2.18. The Morgan fingerprint density at radius 3 is 2.73 bits per heavy atom. The summed E-state index contributed by atoms with van der Waals surface area (Å²) < 4.78 is 25.6. The first-order valence-electron chi connectivity index (χ1n) is 4.18. The van der Waals surface area contributed by atoms with E-state index in [1.807, 2.05) is 0 Å². The number of nitrogens with one attached hydrogen (secondary N) is 1. The predicted octanol–water partition coefficient (Wildman–Crippen LogP) is 0.129. The Balaban J connectivity index is 0.00000196. The highest BCUT2D eigenvalue weighted by Gasteiger charge is 2.15. The molecule has 0 aliphatic rings. The summed E-state index contributed by atoms with van der Waals surface area (Å²) >= 11 is 0. The fraction of sp³-hybridized carbons (Fsp3) is 0.375.